The van der Waals surface area contributed by atoms with Gasteiger partial charge >= 0.3 is 0 Å². The van der Waals surface area contributed by atoms with Crippen LogP contribution in [0.25, 0.3) is 0 Å². The Hall–Kier alpha value is -2.25. The highest BCUT2D eigenvalue weighted by atomic mass is 16.5. The van der Waals surface area contributed by atoms with Crippen LogP contribution < -0.4 is 10.2 Å². The second kappa shape index (κ2) is 9.29. The van der Waals surface area contributed by atoms with Gasteiger partial charge in [0.05, 0.1) is 6.20 Å². The molecule has 2 aromatic rings. The van der Waals surface area contributed by atoms with Crippen LogP contribution in [0.3, 0.4) is 0 Å². The van der Waals surface area contributed by atoms with E-state index in [0.29, 0.717) is 5.95 Å². The van der Waals surface area contributed by atoms with Crippen molar-refractivity contribution in [2.75, 3.05) is 56.7 Å². The standard InChI is InChI=1S/C18H26N6O/c1-25-13-5-8-19-17-14-20-22-18(21-17)24-11-9-23(10-12-24)15-16-6-3-2-4-7-16/h2-4,6-7,14H,5,8-13,15H2,1H3,(H,19,21,22). The lowest BCUT2D eigenvalue weighted by Gasteiger charge is -2.34. The molecule has 2 heterocycles. The maximum atomic E-state index is 5.05. The second-order valence-electron chi connectivity index (χ2n) is 6.16. The smallest absolute Gasteiger partial charge is 0.247 e. The van der Waals surface area contributed by atoms with E-state index in [9.17, 15) is 0 Å². The van der Waals surface area contributed by atoms with Crippen LogP contribution in [0, 0.1) is 0 Å². The summed E-state index contributed by atoms with van der Waals surface area (Å²) < 4.78 is 5.05. The topological polar surface area (TPSA) is 66.4 Å². The van der Waals surface area contributed by atoms with Crippen LogP contribution >= 0.6 is 0 Å². The Labute approximate surface area is 149 Å². The van der Waals surface area contributed by atoms with E-state index < -0.39 is 0 Å². The fourth-order valence-electron chi connectivity index (χ4n) is 2.89. The molecule has 0 radical (unpaired) electrons. The molecular formula is C18H26N6O. The van der Waals surface area contributed by atoms with Crippen LogP contribution in [-0.2, 0) is 11.3 Å². The minimum absolute atomic E-state index is 0.705. The molecule has 0 unspecified atom stereocenters. The fourth-order valence-corrected chi connectivity index (χ4v) is 2.89. The quantitative estimate of drug-likeness (QED) is 0.732. The van der Waals surface area contributed by atoms with Gasteiger partial charge in [-0.25, -0.2) is 0 Å². The molecule has 1 aliphatic rings. The third kappa shape index (κ3) is 5.37. The highest BCUT2D eigenvalue weighted by Gasteiger charge is 2.19. The zero-order valence-electron chi connectivity index (χ0n) is 14.8. The second-order valence-corrected chi connectivity index (χ2v) is 6.16. The number of methoxy groups -OCH3 is 1. The van der Waals surface area contributed by atoms with Crippen LogP contribution in [-0.4, -0.2) is 66.5 Å². The van der Waals surface area contributed by atoms with Gasteiger partial charge in [0.2, 0.25) is 5.95 Å². The lowest BCUT2D eigenvalue weighted by molar-refractivity contribution is 0.197. The lowest BCUT2D eigenvalue weighted by atomic mass is 10.2. The van der Waals surface area contributed by atoms with Crippen LogP contribution in [0.5, 0.6) is 0 Å². The van der Waals surface area contributed by atoms with Crippen molar-refractivity contribution < 1.29 is 4.74 Å². The minimum Gasteiger partial charge on any atom is -0.385 e. The van der Waals surface area contributed by atoms with Gasteiger partial charge in [-0.15, -0.1) is 5.10 Å². The minimum atomic E-state index is 0.705. The number of nitrogens with one attached hydrogen (secondary N) is 1. The number of nitrogens with zero attached hydrogens (tertiary/aromatic N) is 5. The maximum Gasteiger partial charge on any atom is 0.247 e. The Kier molecular flexibility index (Phi) is 6.53. The molecule has 1 saturated heterocycles. The van der Waals surface area contributed by atoms with Gasteiger partial charge in [-0.3, -0.25) is 4.90 Å². The predicted octanol–water partition coefficient (Wildman–Crippen LogP) is 1.64. The van der Waals surface area contributed by atoms with Gasteiger partial charge in [0.25, 0.3) is 0 Å². The van der Waals surface area contributed by atoms with E-state index in [4.69, 9.17) is 4.74 Å². The number of hydrogen-bond donors (Lipinski definition) is 1. The van der Waals surface area contributed by atoms with Crippen molar-refractivity contribution in [3.8, 4) is 0 Å². The average molecular weight is 342 g/mol. The Morgan fingerprint density at radius 1 is 1.12 bits per heavy atom. The van der Waals surface area contributed by atoms with Gasteiger partial charge in [-0.2, -0.15) is 10.1 Å². The Balaban J connectivity index is 1.49. The summed E-state index contributed by atoms with van der Waals surface area (Å²) in [6.07, 6.45) is 2.61. The van der Waals surface area contributed by atoms with E-state index >= 15 is 0 Å². The van der Waals surface area contributed by atoms with E-state index in [-0.39, 0.29) is 0 Å². The molecular weight excluding hydrogens is 316 g/mol. The van der Waals surface area contributed by atoms with Gasteiger partial charge in [0.15, 0.2) is 5.82 Å². The van der Waals surface area contributed by atoms with Crippen LogP contribution in [0.1, 0.15) is 12.0 Å². The zero-order chi connectivity index (χ0) is 17.3. The van der Waals surface area contributed by atoms with Crippen LogP contribution in [0.15, 0.2) is 36.5 Å². The van der Waals surface area contributed by atoms with Crippen molar-refractivity contribution in [3.05, 3.63) is 42.1 Å². The van der Waals surface area contributed by atoms with Gasteiger partial charge in [0.1, 0.15) is 0 Å². The van der Waals surface area contributed by atoms with Gasteiger partial charge in [-0.1, -0.05) is 30.3 Å². The molecule has 0 aliphatic carbocycles. The molecule has 7 heteroatoms. The van der Waals surface area contributed by atoms with E-state index in [1.54, 1.807) is 13.3 Å². The highest BCUT2D eigenvalue weighted by Crippen LogP contribution is 2.14. The molecule has 1 N–H and O–H groups in total. The number of anilines is 2. The summed E-state index contributed by atoms with van der Waals surface area (Å²) in [5.74, 6) is 1.48. The summed E-state index contributed by atoms with van der Waals surface area (Å²) in [5, 5.41) is 11.6. The molecule has 0 bridgehead atoms. The van der Waals surface area contributed by atoms with Crippen molar-refractivity contribution >= 4 is 11.8 Å². The van der Waals surface area contributed by atoms with E-state index in [1.807, 2.05) is 0 Å². The zero-order valence-corrected chi connectivity index (χ0v) is 14.8. The van der Waals surface area contributed by atoms with E-state index in [1.165, 1.54) is 5.56 Å². The summed E-state index contributed by atoms with van der Waals surface area (Å²) in [6.45, 7) is 6.39. The summed E-state index contributed by atoms with van der Waals surface area (Å²) in [4.78, 5) is 9.25. The largest absolute Gasteiger partial charge is 0.385 e. The Morgan fingerprint density at radius 2 is 1.92 bits per heavy atom. The number of aromatic nitrogens is 3. The first-order valence-corrected chi connectivity index (χ1v) is 8.79. The molecule has 0 atom stereocenters. The average Bonchev–Trinajstić information content (AvgIpc) is 2.67. The van der Waals surface area contributed by atoms with Crippen molar-refractivity contribution in [3.63, 3.8) is 0 Å². The third-order valence-electron chi connectivity index (χ3n) is 4.28. The molecule has 134 valence electrons. The Morgan fingerprint density at radius 3 is 2.68 bits per heavy atom. The first-order chi connectivity index (χ1) is 12.3. The van der Waals surface area contributed by atoms with Crippen molar-refractivity contribution in [2.24, 2.45) is 0 Å². The van der Waals surface area contributed by atoms with Gasteiger partial charge < -0.3 is 15.0 Å². The van der Waals surface area contributed by atoms with Gasteiger partial charge in [0, 0.05) is 53.0 Å². The first-order valence-electron chi connectivity index (χ1n) is 8.79. The van der Waals surface area contributed by atoms with Crippen molar-refractivity contribution in [1.82, 2.24) is 20.1 Å². The molecule has 7 nitrogen and oxygen atoms in total. The van der Waals surface area contributed by atoms with Crippen LogP contribution in [0.4, 0.5) is 11.8 Å². The molecule has 0 amide bonds. The number of benzene rings is 1. The lowest BCUT2D eigenvalue weighted by Crippen LogP contribution is -2.46. The number of ether oxygens (including phenoxy) is 1. The molecule has 25 heavy (non-hydrogen) atoms. The molecule has 1 aromatic heterocycles. The van der Waals surface area contributed by atoms with E-state index in [2.05, 4.69) is 60.6 Å². The summed E-state index contributed by atoms with van der Waals surface area (Å²) >= 11 is 0. The maximum absolute atomic E-state index is 5.05. The molecule has 0 saturated carbocycles. The van der Waals surface area contributed by atoms with Crippen molar-refractivity contribution in [1.29, 1.82) is 0 Å². The SMILES string of the molecule is COCCCNc1cnnc(N2CCN(Cc3ccccc3)CC2)n1. The summed E-state index contributed by atoms with van der Waals surface area (Å²) in [7, 11) is 1.71. The van der Waals surface area contributed by atoms with E-state index in [0.717, 1.165) is 58.1 Å². The molecule has 0 spiro atoms. The number of rotatable bonds is 8. The third-order valence-corrected chi connectivity index (χ3v) is 4.28. The molecule has 1 fully saturated rings. The molecule has 1 aliphatic heterocycles. The van der Waals surface area contributed by atoms with Crippen molar-refractivity contribution in [2.45, 2.75) is 13.0 Å². The van der Waals surface area contributed by atoms with Crippen LogP contribution in [0.2, 0.25) is 0 Å². The summed E-state index contributed by atoms with van der Waals surface area (Å²) in [6, 6.07) is 10.6. The predicted molar refractivity (Wildman–Crippen MR) is 98.7 cm³/mol. The first kappa shape index (κ1) is 17.6. The molecule has 3 rings (SSSR count). The Bertz CT molecular complexity index is 630. The highest BCUT2D eigenvalue weighted by molar-refractivity contribution is 5.39. The van der Waals surface area contributed by atoms with Gasteiger partial charge in [-0.05, 0) is 12.0 Å². The molecule has 1 aromatic carbocycles. The monoisotopic (exact) mass is 342 g/mol. The number of piperazine rings is 1. The normalized spacial score (nSPS) is 15.3. The number of hydrogen-bond acceptors (Lipinski definition) is 7. The summed E-state index contributed by atoms with van der Waals surface area (Å²) in [5.41, 5.74) is 1.36. The fraction of sp³-hybridized carbons (Fsp3) is 0.500.